The maximum Gasteiger partial charge on any atom is 0.326 e. The molecule has 0 unspecified atom stereocenters. The first-order valence-electron chi connectivity index (χ1n) is 11.0. The summed E-state index contributed by atoms with van der Waals surface area (Å²) in [7, 11) is 0. The number of carbonyl (C=O) groups excluding carboxylic acids is 4. The first-order valence-corrected chi connectivity index (χ1v) is 11.8. The van der Waals surface area contributed by atoms with Gasteiger partial charge in [0.25, 0.3) is 11.8 Å². The number of hydrogen-bond acceptors (Lipinski definition) is 5. The van der Waals surface area contributed by atoms with Crippen LogP contribution in [-0.2, 0) is 19.1 Å². The van der Waals surface area contributed by atoms with Crippen molar-refractivity contribution in [2.24, 2.45) is 11.3 Å². The number of nitrogens with one attached hydrogen (secondary N) is 2. The zero-order valence-electron chi connectivity index (χ0n) is 19.0. The van der Waals surface area contributed by atoms with E-state index in [9.17, 15) is 19.2 Å². The van der Waals surface area contributed by atoms with Crippen molar-refractivity contribution in [2.75, 3.05) is 18.5 Å². The van der Waals surface area contributed by atoms with Crippen molar-refractivity contribution in [3.63, 3.8) is 0 Å². The number of rotatable bonds is 7. The molecule has 0 radical (unpaired) electrons. The molecule has 0 bridgehead atoms. The second-order valence-corrected chi connectivity index (χ2v) is 10.2. The quantitative estimate of drug-likeness (QED) is 0.429. The molecule has 1 saturated heterocycles. The smallest absolute Gasteiger partial charge is 0.326 e. The van der Waals surface area contributed by atoms with Gasteiger partial charge < -0.3 is 15.4 Å². The van der Waals surface area contributed by atoms with E-state index in [1.54, 1.807) is 6.07 Å². The number of halogens is 2. The molecule has 1 aliphatic heterocycles. The zero-order chi connectivity index (χ0) is 24.4. The van der Waals surface area contributed by atoms with Crippen molar-refractivity contribution in [2.45, 2.75) is 58.4 Å². The SMILES string of the molecule is CCC(C)(C)C1CCC2(CC1)NC(=O)N(CC(=O)OCC(=O)Nc1cc(Cl)ccc1Cl)C2=O. The normalized spacial score (nSPS) is 22.9. The minimum atomic E-state index is -0.960. The Bertz CT molecular complexity index is 957. The molecule has 4 amide bonds. The van der Waals surface area contributed by atoms with Crippen molar-refractivity contribution >= 4 is 52.7 Å². The minimum absolute atomic E-state index is 0.173. The molecule has 1 saturated carbocycles. The van der Waals surface area contributed by atoms with Gasteiger partial charge in [0.15, 0.2) is 6.61 Å². The lowest BCUT2D eigenvalue weighted by molar-refractivity contribution is -0.150. The Balaban J connectivity index is 1.52. The Hall–Kier alpha value is -2.32. The Labute approximate surface area is 203 Å². The second kappa shape index (κ2) is 9.89. The van der Waals surface area contributed by atoms with Crippen LogP contribution in [0.15, 0.2) is 18.2 Å². The monoisotopic (exact) mass is 497 g/mol. The van der Waals surface area contributed by atoms with E-state index in [0.717, 1.165) is 24.2 Å². The number of urea groups is 1. The second-order valence-electron chi connectivity index (χ2n) is 9.35. The zero-order valence-corrected chi connectivity index (χ0v) is 20.5. The number of hydrogen-bond donors (Lipinski definition) is 2. The average molecular weight is 498 g/mol. The highest BCUT2D eigenvalue weighted by Crippen LogP contribution is 2.45. The Morgan fingerprint density at radius 3 is 2.55 bits per heavy atom. The van der Waals surface area contributed by atoms with Crippen LogP contribution < -0.4 is 10.6 Å². The van der Waals surface area contributed by atoms with Crippen LogP contribution in [0.5, 0.6) is 0 Å². The molecule has 1 heterocycles. The number of carbonyl (C=O) groups is 4. The van der Waals surface area contributed by atoms with Gasteiger partial charge in [-0.05, 0) is 55.2 Å². The molecule has 0 atom stereocenters. The highest BCUT2D eigenvalue weighted by atomic mass is 35.5. The average Bonchev–Trinajstić information content (AvgIpc) is 2.99. The molecule has 1 aromatic rings. The lowest BCUT2D eigenvalue weighted by Gasteiger charge is -2.42. The van der Waals surface area contributed by atoms with Crippen LogP contribution in [-0.4, -0.2) is 47.4 Å². The van der Waals surface area contributed by atoms with Crippen LogP contribution in [0.4, 0.5) is 10.5 Å². The number of imide groups is 1. The number of nitrogens with zero attached hydrogens (tertiary/aromatic N) is 1. The van der Waals surface area contributed by atoms with E-state index in [4.69, 9.17) is 27.9 Å². The first-order chi connectivity index (χ1) is 15.5. The van der Waals surface area contributed by atoms with Crippen LogP contribution in [0.2, 0.25) is 10.0 Å². The van der Waals surface area contributed by atoms with E-state index in [2.05, 4.69) is 31.4 Å². The summed E-state index contributed by atoms with van der Waals surface area (Å²) < 4.78 is 4.96. The molecule has 1 aliphatic carbocycles. The Morgan fingerprint density at radius 1 is 1.24 bits per heavy atom. The topological polar surface area (TPSA) is 105 Å². The molecule has 2 fully saturated rings. The van der Waals surface area contributed by atoms with Gasteiger partial charge in [0.1, 0.15) is 12.1 Å². The first kappa shape index (κ1) is 25.3. The lowest BCUT2D eigenvalue weighted by Crippen LogP contribution is -2.51. The van der Waals surface area contributed by atoms with Crippen LogP contribution in [0.1, 0.15) is 52.9 Å². The number of benzene rings is 1. The number of anilines is 1. The molecule has 3 rings (SSSR count). The molecule has 10 heteroatoms. The fourth-order valence-electron chi connectivity index (χ4n) is 4.44. The van der Waals surface area contributed by atoms with Gasteiger partial charge in [-0.15, -0.1) is 0 Å². The third kappa shape index (κ3) is 5.61. The van der Waals surface area contributed by atoms with Gasteiger partial charge in [-0.3, -0.25) is 19.3 Å². The summed E-state index contributed by atoms with van der Waals surface area (Å²) in [5.74, 6) is -1.42. The standard InChI is InChI=1S/C23H29Cl2N3O5/c1-4-22(2,3)14-7-9-23(10-8-14)20(31)28(21(32)27-23)12-19(30)33-13-18(29)26-17-11-15(24)5-6-16(17)25/h5-6,11,14H,4,7-10,12-13H2,1-3H3,(H,26,29)(H,27,32). The molecule has 33 heavy (non-hydrogen) atoms. The van der Waals surface area contributed by atoms with Gasteiger partial charge in [0, 0.05) is 5.02 Å². The van der Waals surface area contributed by atoms with Crippen LogP contribution in [0.3, 0.4) is 0 Å². The van der Waals surface area contributed by atoms with Crippen molar-refractivity contribution < 1.29 is 23.9 Å². The summed E-state index contributed by atoms with van der Waals surface area (Å²) in [6.45, 7) is 5.46. The van der Waals surface area contributed by atoms with Crippen LogP contribution in [0, 0.1) is 11.3 Å². The molecule has 2 N–H and O–H groups in total. The van der Waals surface area contributed by atoms with Gasteiger partial charge in [-0.25, -0.2) is 4.79 Å². The summed E-state index contributed by atoms with van der Waals surface area (Å²) in [6, 6.07) is 3.95. The molecule has 1 spiro atoms. The summed E-state index contributed by atoms with van der Waals surface area (Å²) in [5.41, 5.74) is -0.506. The maximum atomic E-state index is 13.0. The lowest BCUT2D eigenvalue weighted by atomic mass is 9.65. The Morgan fingerprint density at radius 2 is 1.91 bits per heavy atom. The van der Waals surface area contributed by atoms with Crippen LogP contribution in [0.25, 0.3) is 0 Å². The van der Waals surface area contributed by atoms with Crippen molar-refractivity contribution in [1.29, 1.82) is 0 Å². The van der Waals surface area contributed by atoms with Crippen LogP contribution >= 0.6 is 23.2 Å². The molecular weight excluding hydrogens is 469 g/mol. The van der Waals surface area contributed by atoms with E-state index in [-0.39, 0.29) is 16.1 Å². The maximum absolute atomic E-state index is 13.0. The summed E-state index contributed by atoms with van der Waals surface area (Å²) >= 11 is 11.9. The molecule has 1 aromatic carbocycles. The number of esters is 1. The summed E-state index contributed by atoms with van der Waals surface area (Å²) in [4.78, 5) is 50.7. The molecular formula is C23H29Cl2N3O5. The number of amides is 4. The predicted molar refractivity (Wildman–Crippen MR) is 125 cm³/mol. The highest BCUT2D eigenvalue weighted by Gasteiger charge is 2.53. The van der Waals surface area contributed by atoms with Crippen molar-refractivity contribution in [1.82, 2.24) is 10.2 Å². The van der Waals surface area contributed by atoms with E-state index >= 15 is 0 Å². The van der Waals surface area contributed by atoms with Crippen molar-refractivity contribution in [3.8, 4) is 0 Å². The number of ether oxygens (including phenoxy) is 1. The molecule has 0 aromatic heterocycles. The molecule has 180 valence electrons. The van der Waals surface area contributed by atoms with E-state index in [0.29, 0.717) is 23.8 Å². The Kier molecular flexibility index (Phi) is 7.59. The van der Waals surface area contributed by atoms with Gasteiger partial charge in [-0.1, -0.05) is 50.4 Å². The van der Waals surface area contributed by atoms with Crippen molar-refractivity contribution in [3.05, 3.63) is 28.2 Å². The molecule has 8 nitrogen and oxygen atoms in total. The summed E-state index contributed by atoms with van der Waals surface area (Å²) in [5, 5.41) is 5.95. The van der Waals surface area contributed by atoms with E-state index in [1.807, 2.05) is 0 Å². The third-order valence-electron chi connectivity index (χ3n) is 6.96. The third-order valence-corrected chi connectivity index (χ3v) is 7.52. The minimum Gasteiger partial charge on any atom is -0.454 e. The largest absolute Gasteiger partial charge is 0.454 e. The van der Waals surface area contributed by atoms with E-state index in [1.165, 1.54) is 12.1 Å². The fraction of sp³-hybridized carbons (Fsp3) is 0.565. The fourth-order valence-corrected chi connectivity index (χ4v) is 4.78. The summed E-state index contributed by atoms with van der Waals surface area (Å²) in [6.07, 6.45) is 3.79. The van der Waals surface area contributed by atoms with Gasteiger partial charge in [-0.2, -0.15) is 0 Å². The van der Waals surface area contributed by atoms with Gasteiger partial charge >= 0.3 is 12.0 Å². The van der Waals surface area contributed by atoms with Gasteiger partial charge in [0.2, 0.25) is 0 Å². The predicted octanol–water partition coefficient (Wildman–Crippen LogP) is 4.39. The van der Waals surface area contributed by atoms with Gasteiger partial charge in [0.05, 0.1) is 10.7 Å². The molecule has 2 aliphatic rings. The highest BCUT2D eigenvalue weighted by molar-refractivity contribution is 6.35. The van der Waals surface area contributed by atoms with E-state index < -0.39 is 42.5 Å².